The van der Waals surface area contributed by atoms with E-state index in [1.54, 1.807) is 13.8 Å². The Labute approximate surface area is 84.4 Å². The van der Waals surface area contributed by atoms with Crippen molar-refractivity contribution in [1.29, 1.82) is 0 Å². The molecule has 80 valence electrons. The highest BCUT2D eigenvalue weighted by Gasteiger charge is 2.43. The topological polar surface area (TPSA) is 63.4 Å². The fourth-order valence-electron chi connectivity index (χ4n) is 1.78. The van der Waals surface area contributed by atoms with Crippen LogP contribution >= 0.6 is 0 Å². The minimum absolute atomic E-state index is 0.0524. The Kier molecular flexibility index (Phi) is 3.26. The zero-order valence-electron chi connectivity index (χ0n) is 8.99. The van der Waals surface area contributed by atoms with Gasteiger partial charge in [-0.25, -0.2) is 0 Å². The molecule has 1 saturated heterocycles. The summed E-state index contributed by atoms with van der Waals surface area (Å²) in [5.74, 6) is -0.461. The molecule has 3 unspecified atom stereocenters. The lowest BCUT2D eigenvalue weighted by Crippen LogP contribution is -2.39. The van der Waals surface area contributed by atoms with E-state index in [0.717, 1.165) is 0 Å². The standard InChI is InChI=1S/C10H18N2O2/c1-6(4-5-11)12-9(13)7(2)8(3)10(12)14/h6-8H,4-5,11H2,1-3H3. The first-order chi connectivity index (χ1) is 6.50. The zero-order valence-corrected chi connectivity index (χ0v) is 8.99. The first kappa shape index (κ1) is 11.2. The average Bonchev–Trinajstić information content (AvgIpc) is 2.32. The molecular weight excluding hydrogens is 180 g/mol. The molecule has 1 aliphatic rings. The van der Waals surface area contributed by atoms with Gasteiger partial charge in [-0.15, -0.1) is 0 Å². The van der Waals surface area contributed by atoms with E-state index in [4.69, 9.17) is 5.73 Å². The molecule has 1 fully saturated rings. The fraction of sp³-hybridized carbons (Fsp3) is 0.800. The third-order valence-corrected chi connectivity index (χ3v) is 3.03. The van der Waals surface area contributed by atoms with Gasteiger partial charge in [0, 0.05) is 17.9 Å². The van der Waals surface area contributed by atoms with Crippen molar-refractivity contribution >= 4 is 11.8 Å². The molecule has 0 radical (unpaired) electrons. The van der Waals surface area contributed by atoms with E-state index >= 15 is 0 Å². The Morgan fingerprint density at radius 3 is 2.07 bits per heavy atom. The fourth-order valence-corrected chi connectivity index (χ4v) is 1.78. The molecule has 1 aliphatic heterocycles. The first-order valence-corrected chi connectivity index (χ1v) is 5.07. The second-order valence-corrected chi connectivity index (χ2v) is 4.05. The van der Waals surface area contributed by atoms with Crippen molar-refractivity contribution < 1.29 is 9.59 Å². The normalized spacial score (nSPS) is 29.9. The van der Waals surface area contributed by atoms with Gasteiger partial charge in [0.25, 0.3) is 0 Å². The van der Waals surface area contributed by atoms with Gasteiger partial charge >= 0.3 is 0 Å². The Hall–Kier alpha value is -0.900. The van der Waals surface area contributed by atoms with Crippen LogP contribution in [-0.2, 0) is 9.59 Å². The molecular formula is C10H18N2O2. The predicted molar refractivity (Wildman–Crippen MR) is 53.3 cm³/mol. The highest BCUT2D eigenvalue weighted by Crippen LogP contribution is 2.27. The quantitative estimate of drug-likeness (QED) is 0.666. The van der Waals surface area contributed by atoms with Gasteiger partial charge in [0.05, 0.1) is 0 Å². The van der Waals surface area contributed by atoms with Crippen LogP contribution in [0, 0.1) is 11.8 Å². The lowest BCUT2D eigenvalue weighted by molar-refractivity contribution is -0.142. The smallest absolute Gasteiger partial charge is 0.233 e. The minimum atomic E-state index is -0.178. The molecule has 14 heavy (non-hydrogen) atoms. The van der Waals surface area contributed by atoms with Gasteiger partial charge < -0.3 is 5.73 Å². The summed E-state index contributed by atoms with van der Waals surface area (Å²) in [6.07, 6.45) is 0.678. The van der Waals surface area contributed by atoms with E-state index in [2.05, 4.69) is 0 Å². The van der Waals surface area contributed by atoms with Crippen molar-refractivity contribution in [2.75, 3.05) is 6.54 Å². The van der Waals surface area contributed by atoms with Crippen LogP contribution in [0.2, 0.25) is 0 Å². The summed E-state index contributed by atoms with van der Waals surface area (Å²) in [4.78, 5) is 24.8. The largest absolute Gasteiger partial charge is 0.330 e. The summed E-state index contributed by atoms with van der Waals surface area (Å²) in [5, 5.41) is 0. The number of carbonyl (C=O) groups excluding carboxylic acids is 2. The third kappa shape index (κ3) is 1.66. The summed E-state index contributed by atoms with van der Waals surface area (Å²) in [7, 11) is 0. The number of amides is 2. The Morgan fingerprint density at radius 1 is 1.29 bits per heavy atom. The third-order valence-electron chi connectivity index (χ3n) is 3.03. The molecule has 0 aromatic carbocycles. The Morgan fingerprint density at radius 2 is 1.71 bits per heavy atom. The van der Waals surface area contributed by atoms with Gasteiger partial charge in [-0.1, -0.05) is 13.8 Å². The van der Waals surface area contributed by atoms with E-state index < -0.39 is 0 Å². The van der Waals surface area contributed by atoms with Gasteiger partial charge in [-0.2, -0.15) is 0 Å². The highest BCUT2D eigenvalue weighted by atomic mass is 16.2. The van der Waals surface area contributed by atoms with E-state index in [1.807, 2.05) is 6.92 Å². The average molecular weight is 198 g/mol. The highest BCUT2D eigenvalue weighted by molar-refractivity contribution is 6.04. The number of nitrogens with zero attached hydrogens (tertiary/aromatic N) is 1. The summed E-state index contributed by atoms with van der Waals surface area (Å²) in [6, 6.07) is -0.0626. The molecule has 4 nitrogen and oxygen atoms in total. The maximum atomic E-state index is 11.7. The number of rotatable bonds is 3. The van der Waals surface area contributed by atoms with E-state index in [9.17, 15) is 9.59 Å². The van der Waals surface area contributed by atoms with Crippen molar-refractivity contribution in [3.05, 3.63) is 0 Å². The summed E-state index contributed by atoms with van der Waals surface area (Å²) >= 11 is 0. The van der Waals surface area contributed by atoms with Crippen molar-refractivity contribution in [3.63, 3.8) is 0 Å². The van der Waals surface area contributed by atoms with Crippen LogP contribution in [-0.4, -0.2) is 29.3 Å². The summed E-state index contributed by atoms with van der Waals surface area (Å²) < 4.78 is 0. The SMILES string of the molecule is CC1C(=O)N(C(C)CCN)C(=O)C1C. The van der Waals surface area contributed by atoms with E-state index in [1.165, 1.54) is 4.90 Å². The van der Waals surface area contributed by atoms with Crippen LogP contribution in [0.15, 0.2) is 0 Å². The second kappa shape index (κ2) is 4.09. The van der Waals surface area contributed by atoms with Crippen molar-refractivity contribution in [3.8, 4) is 0 Å². The molecule has 3 atom stereocenters. The van der Waals surface area contributed by atoms with Crippen LogP contribution < -0.4 is 5.73 Å². The maximum absolute atomic E-state index is 11.7. The zero-order chi connectivity index (χ0) is 10.9. The molecule has 0 aromatic rings. The van der Waals surface area contributed by atoms with Crippen LogP contribution in [0.25, 0.3) is 0 Å². The van der Waals surface area contributed by atoms with Gasteiger partial charge in [0.15, 0.2) is 0 Å². The number of hydrogen-bond donors (Lipinski definition) is 1. The molecule has 0 saturated carbocycles. The molecule has 0 aliphatic carbocycles. The lowest BCUT2D eigenvalue weighted by Gasteiger charge is -2.22. The predicted octanol–water partition coefficient (Wildman–Crippen LogP) is 0.365. The van der Waals surface area contributed by atoms with Gasteiger partial charge in [0.1, 0.15) is 0 Å². The van der Waals surface area contributed by atoms with E-state index in [-0.39, 0.29) is 29.7 Å². The van der Waals surface area contributed by atoms with Gasteiger partial charge in [-0.05, 0) is 19.9 Å². The van der Waals surface area contributed by atoms with Crippen LogP contribution in [0.4, 0.5) is 0 Å². The lowest BCUT2D eigenvalue weighted by atomic mass is 10.00. The molecule has 0 bridgehead atoms. The van der Waals surface area contributed by atoms with Crippen molar-refractivity contribution in [2.45, 2.75) is 33.2 Å². The molecule has 1 heterocycles. The van der Waals surface area contributed by atoms with Crippen LogP contribution in [0.5, 0.6) is 0 Å². The van der Waals surface area contributed by atoms with Gasteiger partial charge in [0.2, 0.25) is 11.8 Å². The number of nitrogens with two attached hydrogens (primary N) is 1. The Bertz CT molecular complexity index is 233. The molecule has 0 spiro atoms. The summed E-state index contributed by atoms with van der Waals surface area (Å²) in [5.41, 5.74) is 5.41. The van der Waals surface area contributed by atoms with Gasteiger partial charge in [-0.3, -0.25) is 14.5 Å². The number of imide groups is 1. The molecule has 2 N–H and O–H groups in total. The molecule has 1 rings (SSSR count). The number of hydrogen-bond acceptors (Lipinski definition) is 3. The molecule has 0 aromatic heterocycles. The van der Waals surface area contributed by atoms with Crippen LogP contribution in [0.1, 0.15) is 27.2 Å². The first-order valence-electron chi connectivity index (χ1n) is 5.07. The van der Waals surface area contributed by atoms with Crippen molar-refractivity contribution in [1.82, 2.24) is 4.90 Å². The Balaban J connectivity index is 2.79. The number of likely N-dealkylation sites (tertiary alicyclic amines) is 1. The van der Waals surface area contributed by atoms with Crippen molar-refractivity contribution in [2.24, 2.45) is 17.6 Å². The minimum Gasteiger partial charge on any atom is -0.330 e. The summed E-state index contributed by atoms with van der Waals surface area (Å²) in [6.45, 7) is 5.98. The van der Waals surface area contributed by atoms with E-state index in [0.29, 0.717) is 13.0 Å². The second-order valence-electron chi connectivity index (χ2n) is 4.05. The maximum Gasteiger partial charge on any atom is 0.233 e. The monoisotopic (exact) mass is 198 g/mol. The van der Waals surface area contributed by atoms with Crippen LogP contribution in [0.3, 0.4) is 0 Å². The molecule has 4 heteroatoms. The molecule has 2 amide bonds. The number of carbonyl (C=O) groups is 2.